The predicted molar refractivity (Wildman–Crippen MR) is 42.8 cm³/mol. The van der Waals surface area contributed by atoms with Gasteiger partial charge in [-0.05, 0) is 0 Å². The summed E-state index contributed by atoms with van der Waals surface area (Å²) in [5.41, 5.74) is 0. The normalized spacial score (nSPS) is 10.7. The quantitative estimate of drug-likeness (QED) is 0.641. The van der Waals surface area contributed by atoms with E-state index in [2.05, 4.69) is 10.2 Å². The van der Waals surface area contributed by atoms with Crippen molar-refractivity contribution in [3.8, 4) is 0 Å². The van der Waals surface area contributed by atoms with Crippen LogP contribution in [-0.4, -0.2) is 16.0 Å². The molecule has 0 amide bonds. The molecule has 66 valence electrons. The summed E-state index contributed by atoms with van der Waals surface area (Å²) in [6.07, 6.45) is 0.665. The maximum Gasteiger partial charge on any atom is 0.284 e. The van der Waals surface area contributed by atoms with E-state index in [0.29, 0.717) is 12.3 Å². The van der Waals surface area contributed by atoms with E-state index in [0.717, 1.165) is 0 Å². The monoisotopic (exact) mass is 168 g/mol. The highest BCUT2D eigenvalue weighted by Crippen LogP contribution is 2.06. The van der Waals surface area contributed by atoms with E-state index >= 15 is 0 Å². The number of rotatable bonds is 3. The first-order chi connectivity index (χ1) is 5.65. The first-order valence-corrected chi connectivity index (χ1v) is 4.01. The van der Waals surface area contributed by atoms with Gasteiger partial charge < -0.3 is 4.42 Å². The molecule has 0 radical (unpaired) electrons. The van der Waals surface area contributed by atoms with Crippen molar-refractivity contribution in [2.24, 2.45) is 5.92 Å². The average molecular weight is 168 g/mol. The van der Waals surface area contributed by atoms with Crippen molar-refractivity contribution in [1.82, 2.24) is 10.2 Å². The van der Waals surface area contributed by atoms with E-state index < -0.39 is 0 Å². The lowest BCUT2D eigenvalue weighted by Gasteiger charge is -1.95. The number of hydrogen-bond donors (Lipinski definition) is 0. The molecule has 1 aromatic rings. The summed E-state index contributed by atoms with van der Waals surface area (Å²) in [7, 11) is 0. The molecule has 0 saturated heterocycles. The van der Waals surface area contributed by atoms with Gasteiger partial charge in [0.15, 0.2) is 0 Å². The molecule has 0 saturated carbocycles. The molecule has 0 aliphatic carbocycles. The number of ketones is 1. The van der Waals surface area contributed by atoms with Crippen LogP contribution in [-0.2, 0) is 6.42 Å². The smallest absolute Gasteiger partial charge is 0.284 e. The molecule has 0 unspecified atom stereocenters. The van der Waals surface area contributed by atoms with Crippen molar-refractivity contribution in [1.29, 1.82) is 0 Å². The molecule has 0 aromatic carbocycles. The molecule has 0 spiro atoms. The van der Waals surface area contributed by atoms with Crippen LogP contribution in [0.25, 0.3) is 0 Å². The number of carbonyl (C=O) groups is 1. The van der Waals surface area contributed by atoms with Gasteiger partial charge in [0.2, 0.25) is 11.7 Å². The second kappa shape index (κ2) is 3.47. The van der Waals surface area contributed by atoms with Crippen molar-refractivity contribution in [3.63, 3.8) is 0 Å². The van der Waals surface area contributed by atoms with Gasteiger partial charge in [0.05, 0.1) is 0 Å². The minimum absolute atomic E-state index is 0.0878. The molecule has 4 heteroatoms. The van der Waals surface area contributed by atoms with E-state index in [9.17, 15) is 4.79 Å². The molecule has 0 aliphatic rings. The standard InChI is InChI=1S/C8H12N2O2/c1-4-6-9-10-8(12-6)7(11)5(2)3/h5H,4H2,1-3H3. The molecule has 0 atom stereocenters. The molecule has 1 heterocycles. The van der Waals surface area contributed by atoms with Gasteiger partial charge in [-0.2, -0.15) is 0 Å². The van der Waals surface area contributed by atoms with Gasteiger partial charge in [-0.25, -0.2) is 0 Å². The predicted octanol–water partition coefficient (Wildman–Crippen LogP) is 1.47. The fourth-order valence-electron chi connectivity index (χ4n) is 0.743. The van der Waals surface area contributed by atoms with Crippen LogP contribution in [0, 0.1) is 5.92 Å². The van der Waals surface area contributed by atoms with Crippen LogP contribution in [0.4, 0.5) is 0 Å². The van der Waals surface area contributed by atoms with Crippen LogP contribution in [0.3, 0.4) is 0 Å². The second-order valence-electron chi connectivity index (χ2n) is 2.87. The molecule has 0 aliphatic heterocycles. The van der Waals surface area contributed by atoms with E-state index in [-0.39, 0.29) is 17.6 Å². The fourth-order valence-corrected chi connectivity index (χ4v) is 0.743. The zero-order valence-corrected chi connectivity index (χ0v) is 7.50. The average Bonchev–Trinajstić information content (AvgIpc) is 2.50. The highest BCUT2D eigenvalue weighted by Gasteiger charge is 2.16. The van der Waals surface area contributed by atoms with Gasteiger partial charge in [-0.3, -0.25) is 4.79 Å². The first-order valence-electron chi connectivity index (χ1n) is 4.01. The SMILES string of the molecule is CCc1nnc(C(=O)C(C)C)o1. The Morgan fingerprint density at radius 2 is 2.17 bits per heavy atom. The number of Topliss-reactive ketones (excluding diaryl/α,β-unsaturated/α-hetero) is 1. The third-order valence-corrected chi connectivity index (χ3v) is 1.50. The van der Waals surface area contributed by atoms with E-state index in [1.807, 2.05) is 6.92 Å². The molecule has 12 heavy (non-hydrogen) atoms. The van der Waals surface area contributed by atoms with Crippen molar-refractivity contribution >= 4 is 5.78 Å². The van der Waals surface area contributed by atoms with Gasteiger partial charge in [-0.1, -0.05) is 20.8 Å². The van der Waals surface area contributed by atoms with E-state index in [1.165, 1.54) is 0 Å². The van der Waals surface area contributed by atoms with Crippen LogP contribution in [0.15, 0.2) is 4.42 Å². The van der Waals surface area contributed by atoms with Crippen molar-refractivity contribution in [2.75, 3.05) is 0 Å². The Labute approximate surface area is 71.0 Å². The Bertz CT molecular complexity index is 278. The molecule has 1 aromatic heterocycles. The molecule has 0 N–H and O–H groups in total. The zero-order valence-electron chi connectivity index (χ0n) is 7.50. The molecule has 1 rings (SSSR count). The summed E-state index contributed by atoms with van der Waals surface area (Å²) in [5, 5.41) is 7.34. The van der Waals surface area contributed by atoms with Gasteiger partial charge in [0.25, 0.3) is 5.89 Å². The summed E-state index contributed by atoms with van der Waals surface area (Å²) >= 11 is 0. The number of hydrogen-bond acceptors (Lipinski definition) is 4. The highest BCUT2D eigenvalue weighted by molar-refractivity contribution is 5.92. The summed E-state index contributed by atoms with van der Waals surface area (Å²) < 4.78 is 5.08. The van der Waals surface area contributed by atoms with Gasteiger partial charge >= 0.3 is 0 Å². The lowest BCUT2D eigenvalue weighted by Crippen LogP contribution is -2.07. The second-order valence-corrected chi connectivity index (χ2v) is 2.87. The third-order valence-electron chi connectivity index (χ3n) is 1.50. The maximum atomic E-state index is 11.3. The van der Waals surface area contributed by atoms with Crippen molar-refractivity contribution < 1.29 is 9.21 Å². The van der Waals surface area contributed by atoms with Gasteiger partial charge in [0, 0.05) is 12.3 Å². The Balaban J connectivity index is 2.82. The Morgan fingerprint density at radius 3 is 2.58 bits per heavy atom. The third kappa shape index (κ3) is 1.69. The van der Waals surface area contributed by atoms with E-state index in [4.69, 9.17) is 4.42 Å². The highest BCUT2D eigenvalue weighted by atomic mass is 16.4. The zero-order chi connectivity index (χ0) is 9.14. The molecular weight excluding hydrogens is 156 g/mol. The lowest BCUT2D eigenvalue weighted by atomic mass is 10.1. The minimum atomic E-state index is -0.0952. The van der Waals surface area contributed by atoms with Gasteiger partial charge in [-0.15, -0.1) is 10.2 Å². The Kier molecular flexibility index (Phi) is 2.58. The number of aryl methyl sites for hydroxylation is 1. The largest absolute Gasteiger partial charge is 0.418 e. The number of carbonyl (C=O) groups excluding carboxylic acids is 1. The van der Waals surface area contributed by atoms with Crippen LogP contribution in [0.2, 0.25) is 0 Å². The van der Waals surface area contributed by atoms with Crippen LogP contribution >= 0.6 is 0 Å². The van der Waals surface area contributed by atoms with E-state index in [1.54, 1.807) is 13.8 Å². The van der Waals surface area contributed by atoms with Crippen molar-refractivity contribution in [3.05, 3.63) is 11.8 Å². The molecular formula is C8H12N2O2. The van der Waals surface area contributed by atoms with Crippen LogP contribution in [0.5, 0.6) is 0 Å². The fraction of sp³-hybridized carbons (Fsp3) is 0.625. The summed E-state index contributed by atoms with van der Waals surface area (Å²) in [6, 6.07) is 0. The topological polar surface area (TPSA) is 56.0 Å². The van der Waals surface area contributed by atoms with Crippen LogP contribution < -0.4 is 0 Å². The number of aromatic nitrogens is 2. The molecule has 4 nitrogen and oxygen atoms in total. The Hall–Kier alpha value is -1.19. The van der Waals surface area contributed by atoms with Crippen molar-refractivity contribution in [2.45, 2.75) is 27.2 Å². The van der Waals surface area contributed by atoms with Gasteiger partial charge in [0.1, 0.15) is 0 Å². The molecule has 0 fully saturated rings. The first kappa shape index (κ1) is 8.90. The Morgan fingerprint density at radius 1 is 1.50 bits per heavy atom. The maximum absolute atomic E-state index is 11.3. The summed E-state index contributed by atoms with van der Waals surface area (Å²) in [4.78, 5) is 11.3. The minimum Gasteiger partial charge on any atom is -0.418 e. The number of nitrogens with zero attached hydrogens (tertiary/aromatic N) is 2. The lowest BCUT2D eigenvalue weighted by molar-refractivity contribution is 0.0902. The summed E-state index contributed by atoms with van der Waals surface area (Å²) in [6.45, 7) is 5.51. The molecule has 0 bridgehead atoms. The van der Waals surface area contributed by atoms with Crippen LogP contribution in [0.1, 0.15) is 37.3 Å². The summed E-state index contributed by atoms with van der Waals surface area (Å²) in [5.74, 6) is 0.457.